The number of hydrogen-bond donors (Lipinski definition) is 1. The van der Waals surface area contributed by atoms with Crippen LogP contribution >= 0.6 is 22.7 Å². The van der Waals surface area contributed by atoms with Gasteiger partial charge < -0.3 is 9.88 Å². The summed E-state index contributed by atoms with van der Waals surface area (Å²) in [6.07, 6.45) is 0.761. The quantitative estimate of drug-likeness (QED) is 0.762. The highest BCUT2D eigenvalue weighted by atomic mass is 32.1. The SMILES string of the molecule is Cc1nc(CCNC(=O)c2ccsc2-n2c(C)ccc2C)cs1. The maximum Gasteiger partial charge on any atom is 0.254 e. The van der Waals surface area contributed by atoms with Crippen LogP contribution in [-0.2, 0) is 6.42 Å². The van der Waals surface area contributed by atoms with Gasteiger partial charge in [0.25, 0.3) is 5.91 Å². The normalized spacial score (nSPS) is 10.9. The lowest BCUT2D eigenvalue weighted by molar-refractivity contribution is 0.0954. The van der Waals surface area contributed by atoms with Crippen LogP contribution in [0.5, 0.6) is 0 Å². The van der Waals surface area contributed by atoms with Gasteiger partial charge in [0.15, 0.2) is 0 Å². The molecule has 3 rings (SSSR count). The maximum absolute atomic E-state index is 12.5. The van der Waals surface area contributed by atoms with Gasteiger partial charge in [0.1, 0.15) is 5.00 Å². The second-order valence-corrected chi connectivity index (χ2v) is 7.41. The van der Waals surface area contributed by atoms with E-state index >= 15 is 0 Å². The molecule has 0 unspecified atom stereocenters. The van der Waals surface area contributed by atoms with Gasteiger partial charge in [0.2, 0.25) is 0 Å². The van der Waals surface area contributed by atoms with E-state index < -0.39 is 0 Å². The highest BCUT2D eigenvalue weighted by molar-refractivity contribution is 7.13. The van der Waals surface area contributed by atoms with E-state index in [4.69, 9.17) is 0 Å². The molecule has 0 saturated heterocycles. The highest BCUT2D eigenvalue weighted by Gasteiger charge is 2.16. The zero-order chi connectivity index (χ0) is 16.4. The number of thiazole rings is 1. The molecule has 3 aromatic heterocycles. The molecule has 120 valence electrons. The van der Waals surface area contributed by atoms with Crippen LogP contribution < -0.4 is 5.32 Å². The molecule has 0 spiro atoms. The Kier molecular flexibility index (Phi) is 4.63. The summed E-state index contributed by atoms with van der Waals surface area (Å²) in [5.41, 5.74) is 4.04. The number of aromatic nitrogens is 2. The van der Waals surface area contributed by atoms with Gasteiger partial charge >= 0.3 is 0 Å². The maximum atomic E-state index is 12.5. The smallest absolute Gasteiger partial charge is 0.254 e. The Morgan fingerprint density at radius 2 is 1.91 bits per heavy atom. The first-order chi connectivity index (χ1) is 11.1. The van der Waals surface area contributed by atoms with E-state index in [9.17, 15) is 4.79 Å². The minimum atomic E-state index is -0.0271. The highest BCUT2D eigenvalue weighted by Crippen LogP contribution is 2.25. The minimum Gasteiger partial charge on any atom is -0.352 e. The van der Waals surface area contributed by atoms with E-state index in [1.807, 2.05) is 23.8 Å². The summed E-state index contributed by atoms with van der Waals surface area (Å²) < 4.78 is 2.13. The Hall–Kier alpha value is -1.92. The zero-order valence-electron chi connectivity index (χ0n) is 13.4. The van der Waals surface area contributed by atoms with Crippen molar-refractivity contribution >= 4 is 28.6 Å². The number of nitrogens with one attached hydrogen (secondary N) is 1. The Labute approximate surface area is 143 Å². The third kappa shape index (κ3) is 3.38. The third-order valence-electron chi connectivity index (χ3n) is 3.70. The largest absolute Gasteiger partial charge is 0.352 e. The van der Waals surface area contributed by atoms with Crippen molar-refractivity contribution in [1.29, 1.82) is 0 Å². The molecule has 0 bridgehead atoms. The number of thiophene rings is 1. The summed E-state index contributed by atoms with van der Waals surface area (Å²) in [6, 6.07) is 6.03. The lowest BCUT2D eigenvalue weighted by atomic mass is 10.2. The molecule has 3 aromatic rings. The topological polar surface area (TPSA) is 46.9 Å². The van der Waals surface area contributed by atoms with Crippen molar-refractivity contribution in [2.75, 3.05) is 6.54 Å². The number of amides is 1. The molecule has 0 radical (unpaired) electrons. The summed E-state index contributed by atoms with van der Waals surface area (Å²) in [4.78, 5) is 16.9. The van der Waals surface area contributed by atoms with Gasteiger partial charge in [0, 0.05) is 29.7 Å². The van der Waals surface area contributed by atoms with Gasteiger partial charge in [-0.2, -0.15) is 0 Å². The molecule has 23 heavy (non-hydrogen) atoms. The van der Waals surface area contributed by atoms with Gasteiger partial charge in [-0.25, -0.2) is 4.98 Å². The molecule has 0 aliphatic heterocycles. The van der Waals surface area contributed by atoms with Crippen molar-refractivity contribution in [2.45, 2.75) is 27.2 Å². The number of aryl methyl sites for hydroxylation is 3. The van der Waals surface area contributed by atoms with Gasteiger partial charge in [-0.1, -0.05) is 0 Å². The fourth-order valence-corrected chi connectivity index (χ4v) is 4.22. The van der Waals surface area contributed by atoms with Crippen molar-refractivity contribution in [3.63, 3.8) is 0 Å². The third-order valence-corrected chi connectivity index (χ3v) is 5.42. The van der Waals surface area contributed by atoms with Gasteiger partial charge in [-0.15, -0.1) is 22.7 Å². The Balaban J connectivity index is 1.70. The number of nitrogens with zero attached hydrogens (tertiary/aromatic N) is 2. The van der Waals surface area contributed by atoms with Gasteiger partial charge in [-0.05, 0) is 44.4 Å². The van der Waals surface area contributed by atoms with Crippen LogP contribution in [0.25, 0.3) is 5.00 Å². The first-order valence-corrected chi connectivity index (χ1v) is 9.24. The predicted molar refractivity (Wildman–Crippen MR) is 96.0 cm³/mol. The van der Waals surface area contributed by atoms with Crippen molar-refractivity contribution in [3.8, 4) is 5.00 Å². The van der Waals surface area contributed by atoms with E-state index in [0.29, 0.717) is 6.54 Å². The van der Waals surface area contributed by atoms with E-state index in [2.05, 4.69) is 40.8 Å². The molecule has 0 aromatic carbocycles. The van der Waals surface area contributed by atoms with Gasteiger partial charge in [-0.3, -0.25) is 4.79 Å². The summed E-state index contributed by atoms with van der Waals surface area (Å²) >= 11 is 3.23. The Bertz CT molecular complexity index is 809. The first kappa shape index (κ1) is 16.0. The lowest BCUT2D eigenvalue weighted by Gasteiger charge is -2.10. The van der Waals surface area contributed by atoms with Crippen LogP contribution in [-0.4, -0.2) is 22.0 Å². The molecule has 0 fully saturated rings. The van der Waals surface area contributed by atoms with Crippen molar-refractivity contribution in [3.05, 3.63) is 56.6 Å². The molecule has 3 heterocycles. The fourth-order valence-electron chi connectivity index (χ4n) is 2.56. The molecular formula is C17H19N3OS2. The van der Waals surface area contributed by atoms with Crippen LogP contribution in [0.3, 0.4) is 0 Å². The van der Waals surface area contributed by atoms with Crippen LogP contribution in [0.15, 0.2) is 29.0 Å². The summed E-state index contributed by atoms with van der Waals surface area (Å²) in [5, 5.41) is 9.05. The monoisotopic (exact) mass is 345 g/mol. The first-order valence-electron chi connectivity index (χ1n) is 7.48. The predicted octanol–water partition coefficient (Wildman–Crippen LogP) is 3.89. The number of hydrogen-bond acceptors (Lipinski definition) is 4. The molecule has 0 aliphatic rings. The van der Waals surface area contributed by atoms with Crippen molar-refractivity contribution < 1.29 is 4.79 Å². The van der Waals surface area contributed by atoms with E-state index in [-0.39, 0.29) is 5.91 Å². The average Bonchev–Trinajstić information content (AvgIpc) is 3.21. The molecule has 1 amide bonds. The second-order valence-electron chi connectivity index (χ2n) is 5.45. The van der Waals surface area contributed by atoms with Crippen LogP contribution in [0, 0.1) is 20.8 Å². The molecule has 6 heteroatoms. The van der Waals surface area contributed by atoms with E-state index in [0.717, 1.165) is 39.1 Å². The Morgan fingerprint density at radius 1 is 1.17 bits per heavy atom. The molecule has 0 saturated carbocycles. The molecule has 0 atom stereocenters. The Morgan fingerprint density at radius 3 is 2.57 bits per heavy atom. The summed E-state index contributed by atoms with van der Waals surface area (Å²) in [5.74, 6) is -0.0271. The van der Waals surface area contributed by atoms with Crippen LogP contribution in [0.1, 0.15) is 32.4 Å². The zero-order valence-corrected chi connectivity index (χ0v) is 15.1. The number of carbonyl (C=O) groups is 1. The van der Waals surface area contributed by atoms with E-state index in [1.54, 1.807) is 22.7 Å². The van der Waals surface area contributed by atoms with Crippen molar-refractivity contribution in [2.24, 2.45) is 0 Å². The molecule has 0 aliphatic carbocycles. The molecule has 4 nitrogen and oxygen atoms in total. The van der Waals surface area contributed by atoms with Crippen LogP contribution in [0.4, 0.5) is 0 Å². The lowest BCUT2D eigenvalue weighted by Crippen LogP contribution is -2.26. The number of rotatable bonds is 5. The summed E-state index contributed by atoms with van der Waals surface area (Å²) in [7, 11) is 0. The molecule has 1 N–H and O–H groups in total. The van der Waals surface area contributed by atoms with Gasteiger partial charge in [0.05, 0.1) is 16.3 Å². The van der Waals surface area contributed by atoms with Crippen LogP contribution in [0.2, 0.25) is 0 Å². The number of carbonyl (C=O) groups excluding carboxylic acids is 1. The van der Waals surface area contributed by atoms with E-state index in [1.165, 1.54) is 0 Å². The second kappa shape index (κ2) is 6.68. The van der Waals surface area contributed by atoms with Crippen molar-refractivity contribution in [1.82, 2.24) is 14.9 Å². The summed E-state index contributed by atoms with van der Waals surface area (Å²) in [6.45, 7) is 6.70. The average molecular weight is 345 g/mol. The fraction of sp³-hybridized carbons (Fsp3) is 0.294. The minimum absolute atomic E-state index is 0.0271. The molecular weight excluding hydrogens is 326 g/mol. The standard InChI is InChI=1S/C17H19N3OS2/c1-11-4-5-12(2)20(11)17-15(7-9-22-17)16(21)18-8-6-14-10-23-13(3)19-14/h4-5,7,9-10H,6,8H2,1-3H3,(H,18,21).